The summed E-state index contributed by atoms with van der Waals surface area (Å²) in [4.78, 5) is 10.1. The maximum Gasteiger partial charge on any atom is 0.304 e. The second-order valence-corrected chi connectivity index (χ2v) is 7.58. The van der Waals surface area contributed by atoms with E-state index in [1.54, 1.807) is 0 Å². The van der Waals surface area contributed by atoms with E-state index in [9.17, 15) is 18.5 Å². The third-order valence-corrected chi connectivity index (χ3v) is 6.50. The molecule has 120 valence electrons. The van der Waals surface area contributed by atoms with Gasteiger partial charge in [-0.3, -0.25) is 10.1 Å². The van der Waals surface area contributed by atoms with E-state index in [1.165, 1.54) is 4.31 Å². The minimum atomic E-state index is -3.91. The van der Waals surface area contributed by atoms with Crippen molar-refractivity contribution in [3.8, 4) is 0 Å². The van der Waals surface area contributed by atoms with Gasteiger partial charge in [-0.1, -0.05) is 25.2 Å². The van der Waals surface area contributed by atoms with Gasteiger partial charge in [0.2, 0.25) is 0 Å². The lowest BCUT2D eigenvalue weighted by molar-refractivity contribution is -0.383. The van der Waals surface area contributed by atoms with Crippen LogP contribution in [0.1, 0.15) is 26.7 Å². The first kappa shape index (κ1) is 17.8. The van der Waals surface area contributed by atoms with Crippen molar-refractivity contribution in [2.45, 2.75) is 36.9 Å². The van der Waals surface area contributed by atoms with E-state index >= 15 is 0 Å². The van der Waals surface area contributed by atoms with Gasteiger partial charge in [0.1, 0.15) is 4.21 Å². The van der Waals surface area contributed by atoms with E-state index in [0.29, 0.717) is 24.2 Å². The van der Waals surface area contributed by atoms with Crippen LogP contribution in [0.2, 0.25) is 0 Å². The number of hydrogen-bond donors (Lipinski definition) is 2. The fourth-order valence-corrected chi connectivity index (χ4v) is 5.16. The van der Waals surface area contributed by atoms with Gasteiger partial charge in [0.15, 0.2) is 5.00 Å². The smallest absolute Gasteiger partial charge is 0.304 e. The maximum absolute atomic E-state index is 12.6. The number of nitrogens with two attached hydrogens (primary N) is 1. The molecule has 1 aromatic heterocycles. The zero-order valence-corrected chi connectivity index (χ0v) is 13.5. The third-order valence-electron chi connectivity index (χ3n) is 3.15. The van der Waals surface area contributed by atoms with Crippen LogP contribution in [0.25, 0.3) is 0 Å². The molecule has 21 heavy (non-hydrogen) atoms. The summed E-state index contributed by atoms with van der Waals surface area (Å²) in [5.41, 5.74) is 5.09. The van der Waals surface area contributed by atoms with Crippen LogP contribution in [0.5, 0.6) is 0 Å². The van der Waals surface area contributed by atoms with Crippen LogP contribution in [-0.4, -0.2) is 41.9 Å². The number of nitrogen functional groups attached to an aromatic ring is 1. The van der Waals surface area contributed by atoms with Gasteiger partial charge in [0.05, 0.1) is 11.5 Å². The van der Waals surface area contributed by atoms with Crippen LogP contribution in [-0.2, 0) is 10.0 Å². The lowest BCUT2D eigenvalue weighted by Crippen LogP contribution is -2.41. The van der Waals surface area contributed by atoms with Gasteiger partial charge in [-0.15, -0.1) is 0 Å². The Kier molecular flexibility index (Phi) is 6.08. The number of sulfonamides is 1. The maximum atomic E-state index is 12.6. The van der Waals surface area contributed by atoms with Crippen LogP contribution in [0.15, 0.2) is 10.3 Å². The van der Waals surface area contributed by atoms with Crippen molar-refractivity contribution in [3.63, 3.8) is 0 Å². The molecular weight excluding hydrogens is 318 g/mol. The molecule has 0 amide bonds. The molecule has 0 bridgehead atoms. The zero-order valence-electron chi connectivity index (χ0n) is 11.9. The van der Waals surface area contributed by atoms with Gasteiger partial charge in [-0.25, -0.2) is 8.42 Å². The Bertz CT molecular complexity index is 595. The van der Waals surface area contributed by atoms with Crippen LogP contribution in [0.3, 0.4) is 0 Å². The molecule has 1 aromatic rings. The molecule has 3 N–H and O–H groups in total. The molecule has 0 aromatic carbocycles. The highest BCUT2D eigenvalue weighted by Gasteiger charge is 2.33. The van der Waals surface area contributed by atoms with Gasteiger partial charge in [0.25, 0.3) is 10.0 Å². The van der Waals surface area contributed by atoms with Crippen molar-refractivity contribution in [3.05, 3.63) is 16.2 Å². The molecule has 10 heteroatoms. The number of anilines is 1. The Morgan fingerprint density at radius 1 is 1.48 bits per heavy atom. The van der Waals surface area contributed by atoms with Crippen molar-refractivity contribution in [1.29, 1.82) is 0 Å². The number of aliphatic hydroxyl groups is 1. The van der Waals surface area contributed by atoms with E-state index in [2.05, 4.69) is 0 Å². The Hall–Kier alpha value is -1.23. The Labute approximate surface area is 127 Å². The summed E-state index contributed by atoms with van der Waals surface area (Å²) < 4.78 is 26.2. The number of hydrogen-bond acceptors (Lipinski definition) is 7. The molecule has 0 radical (unpaired) electrons. The molecule has 1 heterocycles. The molecule has 8 nitrogen and oxygen atoms in total. The quantitative estimate of drug-likeness (QED) is 0.545. The molecule has 0 spiro atoms. The van der Waals surface area contributed by atoms with E-state index in [0.717, 1.165) is 6.07 Å². The van der Waals surface area contributed by atoms with Crippen molar-refractivity contribution in [2.75, 3.05) is 18.9 Å². The topological polar surface area (TPSA) is 127 Å². The molecule has 0 saturated heterocycles. The summed E-state index contributed by atoms with van der Waals surface area (Å²) in [5, 5.41) is 19.7. The lowest BCUT2D eigenvalue weighted by atomic mass is 10.2. The first-order valence-corrected chi connectivity index (χ1v) is 8.71. The minimum absolute atomic E-state index is 0.0553. The second-order valence-electron chi connectivity index (χ2n) is 4.38. The number of rotatable bonds is 8. The average Bonchev–Trinajstić information content (AvgIpc) is 2.82. The van der Waals surface area contributed by atoms with Gasteiger partial charge in [-0.05, 0) is 12.8 Å². The van der Waals surface area contributed by atoms with E-state index < -0.39 is 20.6 Å². The van der Waals surface area contributed by atoms with Crippen LogP contribution in [0, 0.1) is 10.1 Å². The molecule has 0 aliphatic carbocycles. The lowest BCUT2D eigenvalue weighted by Gasteiger charge is -2.28. The summed E-state index contributed by atoms with van der Waals surface area (Å²) in [7, 11) is -3.91. The molecule has 0 unspecified atom stereocenters. The summed E-state index contributed by atoms with van der Waals surface area (Å²) in [6.45, 7) is 3.32. The SMILES string of the molecule is CCC(CC)N(CCO)S(=O)(=O)c1cc([N+](=O)[O-])c(N)s1. The van der Waals surface area contributed by atoms with E-state index in [4.69, 9.17) is 10.8 Å². The van der Waals surface area contributed by atoms with Crippen molar-refractivity contribution in [2.24, 2.45) is 0 Å². The van der Waals surface area contributed by atoms with Gasteiger partial charge >= 0.3 is 5.69 Å². The molecule has 0 aliphatic rings. The summed E-state index contributed by atoms with van der Waals surface area (Å²) >= 11 is 0.667. The van der Waals surface area contributed by atoms with Gasteiger partial charge in [-0.2, -0.15) is 4.31 Å². The molecule has 0 saturated carbocycles. The predicted molar refractivity (Wildman–Crippen MR) is 80.7 cm³/mol. The fourth-order valence-electron chi connectivity index (χ4n) is 2.05. The van der Waals surface area contributed by atoms with E-state index in [-0.39, 0.29) is 28.4 Å². The highest BCUT2D eigenvalue weighted by Crippen LogP contribution is 2.36. The largest absolute Gasteiger partial charge is 0.395 e. The Morgan fingerprint density at radius 2 is 2.05 bits per heavy atom. The Balaban J connectivity index is 3.28. The molecular formula is C11H19N3O5S2. The van der Waals surface area contributed by atoms with Crippen LogP contribution in [0.4, 0.5) is 10.7 Å². The third kappa shape index (κ3) is 3.70. The van der Waals surface area contributed by atoms with Crippen molar-refractivity contribution >= 4 is 32.0 Å². The summed E-state index contributed by atoms with van der Waals surface area (Å²) in [6.07, 6.45) is 1.16. The highest BCUT2D eigenvalue weighted by molar-refractivity contribution is 7.91. The van der Waals surface area contributed by atoms with Gasteiger partial charge in [0, 0.05) is 18.7 Å². The second kappa shape index (κ2) is 7.16. The molecule has 0 aliphatic heterocycles. The monoisotopic (exact) mass is 337 g/mol. The summed E-state index contributed by atoms with van der Waals surface area (Å²) in [6, 6.07) is 0.701. The standard InChI is InChI=1S/C11H19N3O5S2/c1-3-8(4-2)13(5-6-15)21(18,19)10-7-9(14(16)17)11(12)20-10/h7-8,15H,3-6,12H2,1-2H3. The molecule has 0 atom stereocenters. The predicted octanol–water partition coefficient (Wildman–Crippen LogP) is 1.41. The highest BCUT2D eigenvalue weighted by atomic mass is 32.2. The molecule has 1 rings (SSSR count). The normalized spacial score (nSPS) is 12.2. The van der Waals surface area contributed by atoms with Crippen molar-refractivity contribution in [1.82, 2.24) is 4.31 Å². The molecule has 0 fully saturated rings. The number of nitro groups is 1. The number of aliphatic hydroxyl groups excluding tert-OH is 1. The Morgan fingerprint density at radius 3 is 2.43 bits per heavy atom. The zero-order chi connectivity index (χ0) is 16.2. The fraction of sp³-hybridized carbons (Fsp3) is 0.636. The number of nitrogens with zero attached hydrogens (tertiary/aromatic N) is 2. The average molecular weight is 337 g/mol. The van der Waals surface area contributed by atoms with Gasteiger partial charge < -0.3 is 10.8 Å². The van der Waals surface area contributed by atoms with Crippen LogP contribution < -0.4 is 5.73 Å². The number of thiophene rings is 1. The van der Waals surface area contributed by atoms with Crippen molar-refractivity contribution < 1.29 is 18.4 Å². The first-order valence-electron chi connectivity index (χ1n) is 6.45. The van der Waals surface area contributed by atoms with Crippen LogP contribution >= 0.6 is 11.3 Å². The van der Waals surface area contributed by atoms with E-state index in [1.807, 2.05) is 13.8 Å². The first-order chi connectivity index (χ1) is 9.79. The minimum Gasteiger partial charge on any atom is -0.395 e. The summed E-state index contributed by atoms with van der Waals surface area (Å²) in [5.74, 6) is 0.